The van der Waals surface area contributed by atoms with Gasteiger partial charge in [0.15, 0.2) is 17.5 Å². The van der Waals surface area contributed by atoms with Crippen LogP contribution in [0.15, 0.2) is 198 Å². The normalized spacial score (nSPS) is 13.3. The lowest BCUT2D eigenvalue weighted by molar-refractivity contribution is 0.722. The summed E-state index contributed by atoms with van der Waals surface area (Å²) < 4.78 is 0. The van der Waals surface area contributed by atoms with Crippen molar-refractivity contribution in [2.75, 3.05) is 0 Å². The Morgan fingerprint density at radius 2 is 0.870 bits per heavy atom. The maximum absolute atomic E-state index is 5.33. The smallest absolute Gasteiger partial charge is 0.164 e. The van der Waals surface area contributed by atoms with Crippen LogP contribution >= 0.6 is 11.8 Å². The molecule has 11 rings (SSSR count). The number of nitrogens with zero attached hydrogens (tertiary/aromatic N) is 3. The van der Waals surface area contributed by atoms with Gasteiger partial charge in [-0.15, -0.1) is 0 Å². The quantitative estimate of drug-likeness (QED) is 0.183. The van der Waals surface area contributed by atoms with Gasteiger partial charge in [0, 0.05) is 26.5 Å². The first kappa shape index (κ1) is 31.0. The third-order valence-electron chi connectivity index (χ3n) is 11.0. The van der Waals surface area contributed by atoms with Crippen LogP contribution in [0.5, 0.6) is 0 Å². The van der Waals surface area contributed by atoms with Gasteiger partial charge in [-0.2, -0.15) is 0 Å². The lowest BCUT2D eigenvalue weighted by Gasteiger charge is -2.39. The first-order chi connectivity index (χ1) is 26.8. The highest BCUT2D eigenvalue weighted by atomic mass is 32.2. The van der Waals surface area contributed by atoms with Crippen molar-refractivity contribution in [1.82, 2.24) is 15.0 Å². The van der Waals surface area contributed by atoms with Gasteiger partial charge in [-0.25, -0.2) is 15.0 Å². The number of hydrogen-bond acceptors (Lipinski definition) is 4. The molecule has 54 heavy (non-hydrogen) atoms. The topological polar surface area (TPSA) is 38.7 Å². The van der Waals surface area contributed by atoms with Crippen molar-refractivity contribution in [2.45, 2.75) is 15.2 Å². The summed E-state index contributed by atoms with van der Waals surface area (Å²) in [5, 5.41) is 2.44. The molecule has 0 saturated heterocycles. The Kier molecular flexibility index (Phi) is 7.01. The van der Waals surface area contributed by atoms with Gasteiger partial charge in [-0.05, 0) is 79.5 Å². The minimum Gasteiger partial charge on any atom is -0.208 e. The van der Waals surface area contributed by atoms with Crippen molar-refractivity contribution in [2.24, 2.45) is 0 Å². The van der Waals surface area contributed by atoms with E-state index in [0.717, 1.165) is 27.8 Å². The molecule has 9 aromatic rings. The maximum Gasteiger partial charge on any atom is 0.164 e. The highest BCUT2D eigenvalue weighted by Crippen LogP contribution is 2.63. The summed E-state index contributed by atoms with van der Waals surface area (Å²) in [7, 11) is 0. The molecule has 0 bridgehead atoms. The molecule has 0 N–H and O–H groups in total. The molecule has 0 atom stereocenters. The van der Waals surface area contributed by atoms with Crippen LogP contribution in [0, 0.1) is 0 Å². The molecule has 1 aliphatic carbocycles. The van der Waals surface area contributed by atoms with Gasteiger partial charge in [0.2, 0.25) is 0 Å². The first-order valence-electron chi connectivity index (χ1n) is 18.3. The average Bonchev–Trinajstić information content (AvgIpc) is 3.54. The van der Waals surface area contributed by atoms with Crippen LogP contribution in [0.2, 0.25) is 0 Å². The molecule has 252 valence electrons. The molecule has 3 nitrogen and oxygen atoms in total. The summed E-state index contributed by atoms with van der Waals surface area (Å²) in [4.78, 5) is 18.3. The second-order valence-corrected chi connectivity index (χ2v) is 15.0. The zero-order valence-electron chi connectivity index (χ0n) is 29.1. The lowest BCUT2D eigenvalue weighted by Crippen LogP contribution is -2.31. The molecular weight excluding hydrogens is 675 g/mol. The van der Waals surface area contributed by atoms with Crippen molar-refractivity contribution in [3.63, 3.8) is 0 Å². The van der Waals surface area contributed by atoms with E-state index in [-0.39, 0.29) is 0 Å². The first-order valence-corrected chi connectivity index (χ1v) is 19.1. The monoisotopic (exact) mass is 705 g/mol. The van der Waals surface area contributed by atoms with E-state index in [4.69, 9.17) is 15.0 Å². The van der Waals surface area contributed by atoms with Gasteiger partial charge in [0.05, 0.1) is 5.41 Å². The van der Waals surface area contributed by atoms with Crippen molar-refractivity contribution < 1.29 is 0 Å². The fourth-order valence-corrected chi connectivity index (χ4v) is 9.83. The van der Waals surface area contributed by atoms with Crippen LogP contribution in [0.1, 0.15) is 22.3 Å². The molecule has 1 aliphatic heterocycles. The zero-order valence-corrected chi connectivity index (χ0v) is 30.0. The molecule has 2 aliphatic rings. The van der Waals surface area contributed by atoms with Crippen molar-refractivity contribution >= 4 is 22.5 Å². The third kappa shape index (κ3) is 4.67. The summed E-state index contributed by atoms with van der Waals surface area (Å²) in [6.07, 6.45) is 0. The van der Waals surface area contributed by atoms with E-state index in [9.17, 15) is 0 Å². The number of aromatic nitrogens is 3. The number of benzene rings is 8. The summed E-state index contributed by atoms with van der Waals surface area (Å²) in [6.45, 7) is 0. The van der Waals surface area contributed by atoms with Gasteiger partial charge in [-0.3, -0.25) is 0 Å². The average molecular weight is 706 g/mol. The van der Waals surface area contributed by atoms with Gasteiger partial charge >= 0.3 is 0 Å². The molecular formula is C50H31N3S. The molecule has 0 unspecified atom stereocenters. The lowest BCUT2D eigenvalue weighted by atomic mass is 9.67. The second-order valence-electron chi connectivity index (χ2n) is 13.9. The Morgan fingerprint density at radius 1 is 0.333 bits per heavy atom. The molecule has 2 heterocycles. The summed E-state index contributed by atoms with van der Waals surface area (Å²) in [5.41, 5.74) is 12.2. The minimum atomic E-state index is -0.479. The van der Waals surface area contributed by atoms with Gasteiger partial charge in [0.25, 0.3) is 0 Å². The molecule has 1 spiro atoms. The number of rotatable bonds is 4. The second kappa shape index (κ2) is 12.2. The summed E-state index contributed by atoms with van der Waals surface area (Å²) >= 11 is 1.86. The Morgan fingerprint density at radius 3 is 1.67 bits per heavy atom. The standard InChI is InChI=1S/C50H31N3S/c1-2-15-33(16-3-1)47-51-48(37-19-12-18-35(31-37)36-29-28-32-14-4-5-17-34(32)30-36)53-49(52-47)39-21-13-25-43-46(39)38-20-6-7-22-40(38)50(43)41-23-8-10-26-44(41)54-45-27-11-9-24-42(45)50/h1-31H. The number of hydrogen-bond donors (Lipinski definition) is 0. The van der Waals surface area contributed by atoms with Crippen LogP contribution < -0.4 is 0 Å². The van der Waals surface area contributed by atoms with E-state index >= 15 is 0 Å². The van der Waals surface area contributed by atoms with Crippen molar-refractivity contribution in [3.8, 4) is 56.4 Å². The molecule has 0 radical (unpaired) electrons. The fourth-order valence-electron chi connectivity index (χ4n) is 8.64. The minimum absolute atomic E-state index is 0.479. The molecule has 0 saturated carbocycles. The molecule has 4 heteroatoms. The fraction of sp³-hybridized carbons (Fsp3) is 0.0200. The predicted molar refractivity (Wildman–Crippen MR) is 221 cm³/mol. The van der Waals surface area contributed by atoms with Crippen LogP contribution in [-0.2, 0) is 5.41 Å². The Bertz CT molecular complexity index is 2890. The summed E-state index contributed by atoms with van der Waals surface area (Å²) in [5.74, 6) is 1.95. The predicted octanol–water partition coefficient (Wildman–Crippen LogP) is 12.5. The Labute approximate surface area is 318 Å². The zero-order chi connectivity index (χ0) is 35.6. The van der Waals surface area contributed by atoms with E-state index in [0.29, 0.717) is 17.5 Å². The van der Waals surface area contributed by atoms with E-state index in [1.807, 2.05) is 30.0 Å². The van der Waals surface area contributed by atoms with Crippen LogP contribution in [0.25, 0.3) is 67.2 Å². The van der Waals surface area contributed by atoms with E-state index in [2.05, 4.69) is 170 Å². The summed E-state index contributed by atoms with van der Waals surface area (Å²) in [6, 6.07) is 67.3. The largest absolute Gasteiger partial charge is 0.208 e. The van der Waals surface area contributed by atoms with E-state index < -0.39 is 5.41 Å². The van der Waals surface area contributed by atoms with Crippen molar-refractivity contribution in [1.29, 1.82) is 0 Å². The van der Waals surface area contributed by atoms with E-state index in [1.165, 1.54) is 53.9 Å². The third-order valence-corrected chi connectivity index (χ3v) is 12.1. The highest BCUT2D eigenvalue weighted by molar-refractivity contribution is 7.99. The molecule has 0 fully saturated rings. The Balaban J connectivity index is 1.15. The Hall–Kier alpha value is -6.62. The van der Waals surface area contributed by atoms with Crippen molar-refractivity contribution in [3.05, 3.63) is 210 Å². The van der Waals surface area contributed by atoms with Gasteiger partial charge < -0.3 is 0 Å². The van der Waals surface area contributed by atoms with Crippen LogP contribution in [0.4, 0.5) is 0 Å². The maximum atomic E-state index is 5.33. The molecule has 1 aromatic heterocycles. The van der Waals surface area contributed by atoms with E-state index in [1.54, 1.807) is 0 Å². The molecule has 8 aromatic carbocycles. The highest BCUT2D eigenvalue weighted by Gasteiger charge is 2.50. The SMILES string of the molecule is c1ccc(-c2nc(-c3cccc(-c4ccc5ccccc5c4)c3)nc(-c3cccc4c3-c3ccccc3C43c4ccccc4Sc4ccccc43)n2)cc1. The molecule has 0 amide bonds. The van der Waals surface area contributed by atoms with Crippen LogP contribution in [0.3, 0.4) is 0 Å². The number of fused-ring (bicyclic) bond motifs is 10. The van der Waals surface area contributed by atoms with Crippen LogP contribution in [-0.4, -0.2) is 15.0 Å². The van der Waals surface area contributed by atoms with Gasteiger partial charge in [-0.1, -0.05) is 176 Å². The van der Waals surface area contributed by atoms with Gasteiger partial charge in [0.1, 0.15) is 0 Å².